The van der Waals surface area contributed by atoms with Crippen LogP contribution in [-0.4, -0.2) is 23.8 Å². The van der Waals surface area contributed by atoms with Crippen LogP contribution in [0, 0.1) is 17.3 Å². The second-order valence-corrected chi connectivity index (χ2v) is 6.77. The van der Waals surface area contributed by atoms with Crippen LogP contribution in [0.25, 0.3) is 0 Å². The number of carbonyl (C=O) groups excluding carboxylic acids is 1. The van der Waals surface area contributed by atoms with Crippen molar-refractivity contribution >= 4 is 5.97 Å². The first kappa shape index (κ1) is 16.0. The monoisotopic (exact) mass is 290 g/mol. The van der Waals surface area contributed by atoms with E-state index in [9.17, 15) is 9.90 Å². The molecule has 0 heterocycles. The van der Waals surface area contributed by atoms with Gasteiger partial charge in [-0.25, -0.2) is 0 Å². The first-order valence-electron chi connectivity index (χ1n) is 7.68. The fourth-order valence-electron chi connectivity index (χ4n) is 4.06. The molecule has 0 aromatic heterocycles. The number of aliphatic hydroxyl groups is 1. The Morgan fingerprint density at radius 3 is 2.19 bits per heavy atom. The highest BCUT2D eigenvalue weighted by atomic mass is 16.5. The van der Waals surface area contributed by atoms with Crippen LogP contribution in [0.1, 0.15) is 45.6 Å². The highest BCUT2D eigenvalue weighted by Gasteiger charge is 2.73. The molecule has 0 amide bonds. The molecule has 3 nitrogen and oxygen atoms in total. The molecule has 0 spiro atoms. The predicted molar refractivity (Wildman–Crippen MR) is 82.9 cm³/mol. The summed E-state index contributed by atoms with van der Waals surface area (Å²) >= 11 is 0. The summed E-state index contributed by atoms with van der Waals surface area (Å²) < 4.78 is 5.08. The van der Waals surface area contributed by atoms with Crippen molar-refractivity contribution in [2.45, 2.75) is 45.6 Å². The molecule has 1 N–H and O–H groups in total. The zero-order valence-corrected chi connectivity index (χ0v) is 13.6. The van der Waals surface area contributed by atoms with Crippen LogP contribution >= 0.6 is 0 Å². The minimum atomic E-state index is -1.07. The fraction of sp³-hybridized carbons (Fsp3) is 0.611. The van der Waals surface area contributed by atoms with Crippen LogP contribution in [0.5, 0.6) is 0 Å². The van der Waals surface area contributed by atoms with Gasteiger partial charge in [0.25, 0.3) is 0 Å². The molecule has 1 aliphatic rings. The summed E-state index contributed by atoms with van der Waals surface area (Å²) in [6.45, 7) is 7.91. The minimum absolute atomic E-state index is 0.0229. The Labute approximate surface area is 127 Å². The second-order valence-electron chi connectivity index (χ2n) is 6.77. The zero-order valence-electron chi connectivity index (χ0n) is 13.6. The van der Waals surface area contributed by atoms with Crippen LogP contribution in [-0.2, 0) is 9.53 Å². The normalized spacial score (nSPS) is 25.2. The number of hydrogen-bond donors (Lipinski definition) is 1. The van der Waals surface area contributed by atoms with Crippen LogP contribution in [0.15, 0.2) is 30.3 Å². The molecular weight excluding hydrogens is 264 g/mol. The molecule has 2 atom stereocenters. The molecule has 3 heteroatoms. The molecule has 0 radical (unpaired) electrons. The highest BCUT2D eigenvalue weighted by molar-refractivity contribution is 5.84. The maximum Gasteiger partial charge on any atom is 0.315 e. The third-order valence-corrected chi connectivity index (χ3v) is 5.19. The van der Waals surface area contributed by atoms with Crippen molar-refractivity contribution in [3.63, 3.8) is 0 Å². The van der Waals surface area contributed by atoms with E-state index in [2.05, 4.69) is 0 Å². The Kier molecular flexibility index (Phi) is 4.16. The quantitative estimate of drug-likeness (QED) is 0.846. The van der Waals surface area contributed by atoms with Crippen molar-refractivity contribution in [2.24, 2.45) is 17.3 Å². The molecule has 21 heavy (non-hydrogen) atoms. The Bertz CT molecular complexity index is 498. The lowest BCUT2D eigenvalue weighted by atomic mass is 9.67. The van der Waals surface area contributed by atoms with Gasteiger partial charge in [0.05, 0.1) is 12.7 Å². The molecule has 0 saturated heterocycles. The molecule has 116 valence electrons. The largest absolute Gasteiger partial charge is 0.468 e. The smallest absolute Gasteiger partial charge is 0.315 e. The molecule has 0 aliphatic heterocycles. The van der Waals surface area contributed by atoms with Crippen molar-refractivity contribution < 1.29 is 14.6 Å². The fourth-order valence-corrected chi connectivity index (χ4v) is 4.06. The summed E-state index contributed by atoms with van der Waals surface area (Å²) in [6.07, 6.45) is 0.649. The number of methoxy groups -OCH3 is 1. The van der Waals surface area contributed by atoms with E-state index in [0.717, 1.165) is 5.56 Å². The van der Waals surface area contributed by atoms with E-state index in [0.29, 0.717) is 6.42 Å². The number of rotatable bonds is 5. The van der Waals surface area contributed by atoms with Crippen LogP contribution in [0.2, 0.25) is 0 Å². The van der Waals surface area contributed by atoms with Gasteiger partial charge in [-0.2, -0.15) is 0 Å². The van der Waals surface area contributed by atoms with Crippen LogP contribution in [0.4, 0.5) is 0 Å². The minimum Gasteiger partial charge on any atom is -0.468 e. The van der Waals surface area contributed by atoms with Gasteiger partial charge in [0.15, 0.2) is 0 Å². The zero-order chi connectivity index (χ0) is 15.8. The lowest BCUT2D eigenvalue weighted by Crippen LogP contribution is -2.53. The van der Waals surface area contributed by atoms with Gasteiger partial charge in [0.2, 0.25) is 0 Å². The molecule has 0 bridgehead atoms. The van der Waals surface area contributed by atoms with Gasteiger partial charge >= 0.3 is 5.97 Å². The standard InChI is InChI=1S/C18H26O3/c1-12(2)18(20,13(3)4)17(16(19)21-5)11-15(17)14-9-7-6-8-10-14/h6-10,12-13,15,20H,11H2,1-5H3/t15-,17+/m0/s1. The van der Waals surface area contributed by atoms with Crippen LogP contribution in [0.3, 0.4) is 0 Å². The summed E-state index contributed by atoms with van der Waals surface area (Å²) in [5, 5.41) is 11.4. The Hall–Kier alpha value is -1.35. The van der Waals surface area contributed by atoms with Crippen molar-refractivity contribution in [2.75, 3.05) is 7.11 Å². The van der Waals surface area contributed by atoms with Gasteiger partial charge in [0, 0.05) is 5.92 Å². The first-order valence-corrected chi connectivity index (χ1v) is 7.68. The lowest BCUT2D eigenvalue weighted by molar-refractivity contribution is -0.172. The molecule has 1 aromatic carbocycles. The molecule has 1 saturated carbocycles. The van der Waals surface area contributed by atoms with E-state index < -0.39 is 11.0 Å². The van der Waals surface area contributed by atoms with Gasteiger partial charge in [-0.1, -0.05) is 58.0 Å². The van der Waals surface area contributed by atoms with Gasteiger partial charge in [-0.15, -0.1) is 0 Å². The molecule has 1 aliphatic carbocycles. The maximum atomic E-state index is 12.6. The number of esters is 1. The molecule has 2 rings (SSSR count). The maximum absolute atomic E-state index is 12.6. The summed E-state index contributed by atoms with van der Waals surface area (Å²) in [4.78, 5) is 12.6. The SMILES string of the molecule is COC(=O)[C@@]1(C(O)(C(C)C)C(C)C)C[C@H]1c1ccccc1. The third kappa shape index (κ3) is 2.18. The van der Waals surface area contributed by atoms with Gasteiger partial charge < -0.3 is 9.84 Å². The molecular formula is C18H26O3. The average molecular weight is 290 g/mol. The number of ether oxygens (including phenoxy) is 1. The van der Waals surface area contributed by atoms with E-state index >= 15 is 0 Å². The number of benzene rings is 1. The van der Waals surface area contributed by atoms with Crippen LogP contribution < -0.4 is 0 Å². The summed E-state index contributed by atoms with van der Waals surface area (Å²) in [7, 11) is 1.41. The highest BCUT2D eigenvalue weighted by Crippen LogP contribution is 2.68. The Morgan fingerprint density at radius 1 is 1.24 bits per heavy atom. The first-order chi connectivity index (χ1) is 9.82. The van der Waals surface area contributed by atoms with Crippen molar-refractivity contribution in [1.29, 1.82) is 0 Å². The summed E-state index contributed by atoms with van der Waals surface area (Å²) in [5.74, 6) is -0.308. The van der Waals surface area contributed by atoms with E-state index in [4.69, 9.17) is 4.74 Å². The van der Waals surface area contributed by atoms with Crippen molar-refractivity contribution in [3.05, 3.63) is 35.9 Å². The Balaban J connectivity index is 2.49. The van der Waals surface area contributed by atoms with Gasteiger partial charge in [-0.05, 0) is 23.8 Å². The van der Waals surface area contributed by atoms with E-state index in [1.165, 1.54) is 7.11 Å². The molecule has 1 aromatic rings. The van der Waals surface area contributed by atoms with E-state index in [-0.39, 0.29) is 23.7 Å². The average Bonchev–Trinajstić information content (AvgIpc) is 3.23. The number of hydrogen-bond acceptors (Lipinski definition) is 3. The van der Waals surface area contributed by atoms with E-state index in [1.807, 2.05) is 58.0 Å². The second kappa shape index (κ2) is 5.45. The topological polar surface area (TPSA) is 46.5 Å². The predicted octanol–water partition coefficient (Wildman–Crippen LogP) is 3.38. The van der Waals surface area contributed by atoms with Gasteiger partial charge in [0.1, 0.15) is 5.41 Å². The van der Waals surface area contributed by atoms with Crippen molar-refractivity contribution in [1.82, 2.24) is 0 Å². The summed E-state index contributed by atoms with van der Waals surface area (Å²) in [6, 6.07) is 9.95. The third-order valence-electron chi connectivity index (χ3n) is 5.19. The van der Waals surface area contributed by atoms with Gasteiger partial charge in [-0.3, -0.25) is 4.79 Å². The van der Waals surface area contributed by atoms with Crippen molar-refractivity contribution in [3.8, 4) is 0 Å². The molecule has 0 unspecified atom stereocenters. The Morgan fingerprint density at radius 2 is 1.76 bits per heavy atom. The van der Waals surface area contributed by atoms with E-state index in [1.54, 1.807) is 0 Å². The summed E-state index contributed by atoms with van der Waals surface area (Å²) in [5.41, 5.74) is -0.797. The number of carbonyl (C=O) groups is 1. The molecule has 1 fully saturated rings. The lowest BCUT2D eigenvalue weighted by Gasteiger charge is -2.43.